The van der Waals surface area contributed by atoms with Gasteiger partial charge in [-0.1, -0.05) is 6.07 Å². The van der Waals surface area contributed by atoms with E-state index >= 15 is 0 Å². The number of thiophene rings is 1. The summed E-state index contributed by atoms with van der Waals surface area (Å²) in [6.07, 6.45) is 1.70. The van der Waals surface area contributed by atoms with Gasteiger partial charge in [0, 0.05) is 39.4 Å². The fourth-order valence-corrected chi connectivity index (χ4v) is 3.21. The first-order chi connectivity index (χ1) is 11.1. The molecule has 1 N–H and O–H groups in total. The summed E-state index contributed by atoms with van der Waals surface area (Å²) in [5.41, 5.74) is 0.949. The number of hydrogen-bond acceptors (Lipinski definition) is 4. The first kappa shape index (κ1) is 15.5. The van der Waals surface area contributed by atoms with E-state index in [0.717, 1.165) is 10.6 Å². The Morgan fingerprint density at radius 2 is 1.96 bits per heavy atom. The highest BCUT2D eigenvalue weighted by Gasteiger charge is 2.25. The highest BCUT2D eigenvalue weighted by Crippen LogP contribution is 2.13. The third-order valence-corrected chi connectivity index (χ3v) is 4.79. The highest BCUT2D eigenvalue weighted by molar-refractivity contribution is 7.12. The Labute approximate surface area is 138 Å². The molecular formula is C15H19N5O2S. The number of aromatic nitrogens is 2. The zero-order valence-electron chi connectivity index (χ0n) is 12.9. The Kier molecular flexibility index (Phi) is 4.61. The molecular weight excluding hydrogens is 314 g/mol. The minimum Gasteiger partial charge on any atom is -0.334 e. The fraction of sp³-hybridized carbons (Fsp3) is 0.400. The van der Waals surface area contributed by atoms with Gasteiger partial charge in [-0.15, -0.1) is 11.3 Å². The van der Waals surface area contributed by atoms with Crippen molar-refractivity contribution in [2.75, 3.05) is 26.2 Å². The maximum Gasteiger partial charge on any atom is 0.317 e. The lowest BCUT2D eigenvalue weighted by Gasteiger charge is -2.34. The third kappa shape index (κ3) is 3.53. The van der Waals surface area contributed by atoms with E-state index in [1.165, 1.54) is 11.3 Å². The van der Waals surface area contributed by atoms with Crippen LogP contribution >= 0.6 is 11.3 Å². The first-order valence-electron chi connectivity index (χ1n) is 7.47. The van der Waals surface area contributed by atoms with Crippen LogP contribution in [0.5, 0.6) is 0 Å². The first-order valence-corrected chi connectivity index (χ1v) is 8.35. The number of carbonyl (C=O) groups excluding carboxylic acids is 2. The molecule has 0 aromatic carbocycles. The van der Waals surface area contributed by atoms with E-state index in [0.29, 0.717) is 32.7 Å². The van der Waals surface area contributed by atoms with Crippen molar-refractivity contribution < 1.29 is 9.59 Å². The zero-order chi connectivity index (χ0) is 16.2. The van der Waals surface area contributed by atoms with Crippen molar-refractivity contribution in [3.8, 4) is 0 Å². The number of amides is 3. The van der Waals surface area contributed by atoms with Crippen LogP contribution < -0.4 is 5.32 Å². The van der Waals surface area contributed by atoms with Crippen molar-refractivity contribution in [2.24, 2.45) is 7.05 Å². The van der Waals surface area contributed by atoms with Crippen molar-refractivity contribution in [3.05, 3.63) is 40.3 Å². The summed E-state index contributed by atoms with van der Waals surface area (Å²) in [7, 11) is 1.84. The lowest BCUT2D eigenvalue weighted by Crippen LogP contribution is -2.53. The molecule has 0 bridgehead atoms. The standard InChI is InChI=1S/C15H19N5O2S/c1-18-12(4-5-17-18)11-16-15(22)20-8-6-19(7-9-20)14(21)13-3-2-10-23-13/h2-5,10H,6-9,11H2,1H3,(H,16,22). The van der Waals surface area contributed by atoms with E-state index in [1.54, 1.807) is 20.7 Å². The van der Waals surface area contributed by atoms with Crippen LogP contribution in [0.1, 0.15) is 15.4 Å². The van der Waals surface area contributed by atoms with E-state index in [4.69, 9.17) is 0 Å². The summed E-state index contributed by atoms with van der Waals surface area (Å²) in [4.78, 5) is 28.8. The van der Waals surface area contributed by atoms with Gasteiger partial charge in [0.15, 0.2) is 0 Å². The number of urea groups is 1. The molecule has 1 fully saturated rings. The maximum absolute atomic E-state index is 12.3. The van der Waals surface area contributed by atoms with Gasteiger partial charge in [0.2, 0.25) is 0 Å². The number of hydrogen-bond donors (Lipinski definition) is 1. The zero-order valence-corrected chi connectivity index (χ0v) is 13.8. The molecule has 7 nitrogen and oxygen atoms in total. The second-order valence-corrected chi connectivity index (χ2v) is 6.31. The Morgan fingerprint density at radius 1 is 1.22 bits per heavy atom. The van der Waals surface area contributed by atoms with E-state index < -0.39 is 0 Å². The molecule has 23 heavy (non-hydrogen) atoms. The summed E-state index contributed by atoms with van der Waals surface area (Å²) >= 11 is 1.45. The number of nitrogens with zero attached hydrogens (tertiary/aromatic N) is 4. The summed E-state index contributed by atoms with van der Waals surface area (Å²) in [5.74, 6) is 0.0509. The van der Waals surface area contributed by atoms with Gasteiger partial charge in [-0.2, -0.15) is 5.10 Å². The SMILES string of the molecule is Cn1nccc1CNC(=O)N1CCN(C(=O)c2cccs2)CC1. The Morgan fingerprint density at radius 3 is 2.57 bits per heavy atom. The van der Waals surface area contributed by atoms with Crippen molar-refractivity contribution in [2.45, 2.75) is 6.54 Å². The molecule has 3 heterocycles. The van der Waals surface area contributed by atoms with Crippen molar-refractivity contribution >= 4 is 23.3 Å². The molecule has 3 amide bonds. The highest BCUT2D eigenvalue weighted by atomic mass is 32.1. The summed E-state index contributed by atoms with van der Waals surface area (Å²) < 4.78 is 1.73. The van der Waals surface area contributed by atoms with E-state index in [9.17, 15) is 9.59 Å². The minimum absolute atomic E-state index is 0.0509. The molecule has 0 aliphatic carbocycles. The summed E-state index contributed by atoms with van der Waals surface area (Å²) in [6.45, 7) is 2.68. The summed E-state index contributed by atoms with van der Waals surface area (Å²) in [5, 5.41) is 8.86. The van der Waals surface area contributed by atoms with Crippen LogP contribution in [0.25, 0.3) is 0 Å². The molecule has 2 aromatic heterocycles. The molecule has 0 saturated carbocycles. The number of nitrogens with one attached hydrogen (secondary N) is 1. The monoisotopic (exact) mass is 333 g/mol. The van der Waals surface area contributed by atoms with Gasteiger partial charge in [-0.3, -0.25) is 9.48 Å². The van der Waals surface area contributed by atoms with Crippen molar-refractivity contribution in [3.63, 3.8) is 0 Å². The Balaban J connectivity index is 1.47. The molecule has 3 rings (SSSR count). The van der Waals surface area contributed by atoms with E-state index in [2.05, 4.69) is 10.4 Å². The predicted molar refractivity (Wildman–Crippen MR) is 87.2 cm³/mol. The number of aryl methyl sites for hydroxylation is 1. The van der Waals surface area contributed by atoms with Crippen LogP contribution in [-0.4, -0.2) is 57.7 Å². The minimum atomic E-state index is -0.102. The molecule has 0 spiro atoms. The van der Waals surface area contributed by atoms with Crippen LogP contribution in [0.2, 0.25) is 0 Å². The predicted octanol–water partition coefficient (Wildman–Crippen LogP) is 1.15. The molecule has 0 unspecified atom stereocenters. The average Bonchev–Trinajstić information content (AvgIpc) is 3.24. The Hall–Kier alpha value is -2.35. The molecule has 0 atom stereocenters. The average molecular weight is 333 g/mol. The van der Waals surface area contributed by atoms with Gasteiger partial charge < -0.3 is 15.1 Å². The smallest absolute Gasteiger partial charge is 0.317 e. The van der Waals surface area contributed by atoms with Crippen LogP contribution in [0.15, 0.2) is 29.8 Å². The number of rotatable bonds is 3. The molecule has 2 aromatic rings. The van der Waals surface area contributed by atoms with Gasteiger partial charge in [-0.05, 0) is 17.5 Å². The Bertz CT molecular complexity index is 674. The van der Waals surface area contributed by atoms with Gasteiger partial charge in [0.05, 0.1) is 17.1 Å². The van der Waals surface area contributed by atoms with Gasteiger partial charge >= 0.3 is 6.03 Å². The third-order valence-electron chi connectivity index (χ3n) is 3.93. The molecule has 1 aliphatic heterocycles. The van der Waals surface area contributed by atoms with Crippen LogP contribution in [-0.2, 0) is 13.6 Å². The van der Waals surface area contributed by atoms with Gasteiger partial charge in [-0.25, -0.2) is 4.79 Å². The molecule has 1 saturated heterocycles. The normalized spacial score (nSPS) is 14.8. The topological polar surface area (TPSA) is 70.5 Å². The molecule has 0 radical (unpaired) electrons. The molecule has 122 valence electrons. The lowest BCUT2D eigenvalue weighted by atomic mass is 10.3. The fourth-order valence-electron chi connectivity index (χ4n) is 2.52. The van der Waals surface area contributed by atoms with Crippen LogP contribution in [0, 0.1) is 0 Å². The molecule has 1 aliphatic rings. The second kappa shape index (κ2) is 6.82. The lowest BCUT2D eigenvalue weighted by molar-refractivity contribution is 0.0669. The quantitative estimate of drug-likeness (QED) is 0.916. The summed E-state index contributed by atoms with van der Waals surface area (Å²) in [6, 6.07) is 5.48. The van der Waals surface area contributed by atoms with Crippen molar-refractivity contribution in [1.82, 2.24) is 24.9 Å². The van der Waals surface area contributed by atoms with Crippen molar-refractivity contribution in [1.29, 1.82) is 0 Å². The van der Waals surface area contributed by atoms with Crippen LogP contribution in [0.3, 0.4) is 0 Å². The van der Waals surface area contributed by atoms with Gasteiger partial charge in [0.1, 0.15) is 0 Å². The number of piperazine rings is 1. The molecule has 8 heteroatoms. The van der Waals surface area contributed by atoms with Gasteiger partial charge in [0.25, 0.3) is 5.91 Å². The van der Waals surface area contributed by atoms with E-state index in [-0.39, 0.29) is 11.9 Å². The van der Waals surface area contributed by atoms with E-state index in [1.807, 2.05) is 30.6 Å². The maximum atomic E-state index is 12.3. The largest absolute Gasteiger partial charge is 0.334 e. The second-order valence-electron chi connectivity index (χ2n) is 5.36. The van der Waals surface area contributed by atoms with Crippen LogP contribution in [0.4, 0.5) is 4.79 Å². The number of carbonyl (C=O) groups is 2.